The second kappa shape index (κ2) is 8.48. The third kappa shape index (κ3) is 4.54. The van der Waals surface area contributed by atoms with Gasteiger partial charge in [-0.25, -0.2) is 0 Å². The van der Waals surface area contributed by atoms with Gasteiger partial charge in [0.25, 0.3) is 0 Å². The van der Waals surface area contributed by atoms with E-state index in [-0.39, 0.29) is 17.6 Å². The van der Waals surface area contributed by atoms with Crippen LogP contribution in [-0.4, -0.2) is 16.9 Å². The Bertz CT molecular complexity index is 900. The Hall–Kier alpha value is -2.80. The summed E-state index contributed by atoms with van der Waals surface area (Å²) >= 11 is 0. The molecule has 0 unspecified atom stereocenters. The first-order valence-corrected chi connectivity index (χ1v) is 9.47. The number of carbonyl (C=O) groups excluding carboxylic acids is 1. The summed E-state index contributed by atoms with van der Waals surface area (Å²) in [5.41, 5.74) is 3.44. The number of carbonyl (C=O) groups is 1. The number of benzene rings is 2. The molecule has 0 aliphatic heterocycles. The number of rotatable bonds is 6. The number of anilines is 1. The van der Waals surface area contributed by atoms with Gasteiger partial charge in [0.05, 0.1) is 11.0 Å². The Balaban J connectivity index is 1.64. The van der Waals surface area contributed by atoms with Crippen molar-refractivity contribution in [2.75, 3.05) is 5.32 Å². The van der Waals surface area contributed by atoms with Crippen molar-refractivity contribution in [1.29, 1.82) is 0 Å². The molecule has 2 atom stereocenters. The van der Waals surface area contributed by atoms with E-state index in [0.29, 0.717) is 0 Å². The zero-order chi connectivity index (χ0) is 20.3. The first-order chi connectivity index (χ1) is 13.3. The summed E-state index contributed by atoms with van der Waals surface area (Å²) in [6, 6.07) is 9.21. The number of hydrogen-bond acceptors (Lipinski definition) is 4. The number of hydrogen-bond donors (Lipinski definition) is 2. The number of nitro groups is 1. The standard InChI is InChI=1S/C21H24FN3O3/c1-13(16-8-7-15-5-3-4-6-17(15)11-16)23-14(2)21(26)24-18-9-10-19(22)20(12-18)25(27)28/h7-14,23H,3-6H2,1-2H3,(H,24,26)/t13-,14+/m1/s1. The van der Waals surface area contributed by atoms with E-state index in [0.717, 1.165) is 30.5 Å². The number of nitro benzene ring substituents is 1. The average molecular weight is 385 g/mol. The molecule has 2 aromatic carbocycles. The molecule has 28 heavy (non-hydrogen) atoms. The number of amides is 1. The molecule has 0 saturated carbocycles. The van der Waals surface area contributed by atoms with E-state index in [1.165, 1.54) is 30.0 Å². The summed E-state index contributed by atoms with van der Waals surface area (Å²) in [7, 11) is 0. The van der Waals surface area contributed by atoms with Crippen molar-refractivity contribution in [3.63, 3.8) is 0 Å². The quantitative estimate of drug-likeness (QED) is 0.574. The Morgan fingerprint density at radius 3 is 2.54 bits per heavy atom. The highest BCUT2D eigenvalue weighted by atomic mass is 19.1. The maximum atomic E-state index is 13.4. The zero-order valence-electron chi connectivity index (χ0n) is 16.0. The number of fused-ring (bicyclic) bond motifs is 1. The molecule has 3 rings (SSSR count). The van der Waals surface area contributed by atoms with Gasteiger partial charge in [0.2, 0.25) is 11.7 Å². The van der Waals surface area contributed by atoms with Crippen LogP contribution in [0.1, 0.15) is 49.4 Å². The van der Waals surface area contributed by atoms with Gasteiger partial charge in [0.1, 0.15) is 0 Å². The normalized spacial score (nSPS) is 15.4. The Morgan fingerprint density at radius 2 is 1.82 bits per heavy atom. The lowest BCUT2D eigenvalue weighted by atomic mass is 9.89. The van der Waals surface area contributed by atoms with Crippen LogP contribution >= 0.6 is 0 Å². The van der Waals surface area contributed by atoms with Crippen LogP contribution < -0.4 is 10.6 Å². The van der Waals surface area contributed by atoms with Crippen molar-refractivity contribution in [3.05, 3.63) is 69.0 Å². The molecule has 7 heteroatoms. The van der Waals surface area contributed by atoms with Crippen molar-refractivity contribution in [3.8, 4) is 0 Å². The lowest BCUT2D eigenvalue weighted by Crippen LogP contribution is -2.39. The van der Waals surface area contributed by atoms with Crippen LogP contribution in [0, 0.1) is 15.9 Å². The molecule has 6 nitrogen and oxygen atoms in total. The largest absolute Gasteiger partial charge is 0.324 e. The van der Waals surface area contributed by atoms with E-state index in [2.05, 4.69) is 28.8 Å². The van der Waals surface area contributed by atoms with E-state index < -0.39 is 22.5 Å². The SMILES string of the molecule is C[C@H](N[C@H](C)c1ccc2c(c1)CCCC2)C(=O)Nc1ccc(F)c([N+](=O)[O-])c1. The molecule has 0 saturated heterocycles. The van der Waals surface area contributed by atoms with Crippen molar-refractivity contribution in [2.24, 2.45) is 0 Å². The highest BCUT2D eigenvalue weighted by molar-refractivity contribution is 5.94. The van der Waals surface area contributed by atoms with Gasteiger partial charge in [0, 0.05) is 17.8 Å². The summed E-state index contributed by atoms with van der Waals surface area (Å²) in [6.07, 6.45) is 4.66. The Labute approximate surface area is 163 Å². The molecule has 0 heterocycles. The number of nitrogens with one attached hydrogen (secondary N) is 2. The number of nitrogens with zero attached hydrogens (tertiary/aromatic N) is 1. The summed E-state index contributed by atoms with van der Waals surface area (Å²) in [5.74, 6) is -1.28. The first-order valence-electron chi connectivity index (χ1n) is 9.47. The average Bonchev–Trinajstić information content (AvgIpc) is 2.68. The van der Waals surface area contributed by atoms with E-state index in [4.69, 9.17) is 0 Å². The molecule has 2 N–H and O–H groups in total. The molecule has 0 spiro atoms. The van der Waals surface area contributed by atoms with Crippen molar-refractivity contribution >= 4 is 17.3 Å². The topological polar surface area (TPSA) is 84.3 Å². The van der Waals surface area contributed by atoms with Crippen molar-refractivity contribution < 1.29 is 14.1 Å². The van der Waals surface area contributed by atoms with E-state index in [9.17, 15) is 19.3 Å². The number of halogens is 1. The van der Waals surface area contributed by atoms with Gasteiger partial charge in [0.15, 0.2) is 0 Å². The first kappa shape index (κ1) is 19.9. The molecule has 0 fully saturated rings. The fourth-order valence-electron chi connectivity index (χ4n) is 3.55. The zero-order valence-corrected chi connectivity index (χ0v) is 16.0. The van der Waals surface area contributed by atoms with Gasteiger partial charge in [-0.2, -0.15) is 4.39 Å². The van der Waals surface area contributed by atoms with E-state index >= 15 is 0 Å². The molecule has 148 valence electrons. The second-order valence-corrected chi connectivity index (χ2v) is 7.26. The summed E-state index contributed by atoms with van der Waals surface area (Å²) in [4.78, 5) is 22.5. The molecule has 2 aromatic rings. The molecule has 0 radical (unpaired) electrons. The van der Waals surface area contributed by atoms with Crippen molar-refractivity contribution in [2.45, 2.75) is 51.6 Å². The monoisotopic (exact) mass is 385 g/mol. The van der Waals surface area contributed by atoms with Gasteiger partial charge in [-0.05, 0) is 68.4 Å². The van der Waals surface area contributed by atoms with Crippen LogP contribution in [0.15, 0.2) is 36.4 Å². The predicted octanol–water partition coefficient (Wildman–Crippen LogP) is 4.29. The summed E-state index contributed by atoms with van der Waals surface area (Å²) in [6.45, 7) is 3.72. The lowest BCUT2D eigenvalue weighted by molar-refractivity contribution is -0.387. The lowest BCUT2D eigenvalue weighted by Gasteiger charge is -2.22. The van der Waals surface area contributed by atoms with Crippen LogP contribution in [0.25, 0.3) is 0 Å². The smallest absolute Gasteiger partial charge is 0.306 e. The summed E-state index contributed by atoms with van der Waals surface area (Å²) in [5, 5.41) is 16.7. The van der Waals surface area contributed by atoms with Gasteiger partial charge in [-0.1, -0.05) is 18.2 Å². The Morgan fingerprint density at radius 1 is 1.11 bits per heavy atom. The molecule has 1 aliphatic carbocycles. The summed E-state index contributed by atoms with van der Waals surface area (Å²) < 4.78 is 13.4. The molecule has 1 amide bonds. The molecular formula is C21H24FN3O3. The highest BCUT2D eigenvalue weighted by Crippen LogP contribution is 2.25. The van der Waals surface area contributed by atoms with E-state index in [1.807, 2.05) is 6.92 Å². The Kier molecular flexibility index (Phi) is 6.04. The third-order valence-corrected chi connectivity index (χ3v) is 5.18. The van der Waals surface area contributed by atoms with Crippen molar-refractivity contribution in [1.82, 2.24) is 5.32 Å². The minimum absolute atomic E-state index is 0.0319. The second-order valence-electron chi connectivity index (χ2n) is 7.26. The van der Waals surface area contributed by atoms with E-state index in [1.54, 1.807) is 6.92 Å². The molecular weight excluding hydrogens is 361 g/mol. The molecule has 0 aromatic heterocycles. The van der Waals surface area contributed by atoms with Gasteiger partial charge in [-0.15, -0.1) is 0 Å². The molecule has 1 aliphatic rings. The molecule has 0 bridgehead atoms. The predicted molar refractivity (Wildman–Crippen MR) is 106 cm³/mol. The van der Waals surface area contributed by atoms with Crippen LogP contribution in [0.5, 0.6) is 0 Å². The number of aryl methyl sites for hydroxylation is 2. The van der Waals surface area contributed by atoms with Crippen LogP contribution in [0.3, 0.4) is 0 Å². The highest BCUT2D eigenvalue weighted by Gasteiger charge is 2.20. The minimum Gasteiger partial charge on any atom is -0.324 e. The maximum absolute atomic E-state index is 13.4. The van der Waals surface area contributed by atoms with Crippen LogP contribution in [-0.2, 0) is 17.6 Å². The fourth-order valence-corrected chi connectivity index (χ4v) is 3.55. The van der Waals surface area contributed by atoms with Crippen LogP contribution in [0.4, 0.5) is 15.8 Å². The van der Waals surface area contributed by atoms with Crippen LogP contribution in [0.2, 0.25) is 0 Å². The van der Waals surface area contributed by atoms with Gasteiger partial charge in [-0.3, -0.25) is 20.2 Å². The fraction of sp³-hybridized carbons (Fsp3) is 0.381. The van der Waals surface area contributed by atoms with Gasteiger partial charge < -0.3 is 5.32 Å². The third-order valence-electron chi connectivity index (χ3n) is 5.18. The van der Waals surface area contributed by atoms with Gasteiger partial charge >= 0.3 is 5.69 Å². The minimum atomic E-state index is -0.935. The maximum Gasteiger partial charge on any atom is 0.306 e.